The molecule has 3 fully saturated rings. The van der Waals surface area contributed by atoms with Gasteiger partial charge >= 0.3 is 0 Å². The number of piperidine rings is 3. The Labute approximate surface area is 172 Å². The van der Waals surface area contributed by atoms with Gasteiger partial charge in [-0.25, -0.2) is 0 Å². The van der Waals surface area contributed by atoms with Gasteiger partial charge in [0.05, 0.1) is 0 Å². The minimum absolute atomic E-state index is 0.00832. The summed E-state index contributed by atoms with van der Waals surface area (Å²) < 4.78 is 0.738. The van der Waals surface area contributed by atoms with Gasteiger partial charge in [0.15, 0.2) is 4.34 Å². The fourth-order valence-electron chi connectivity index (χ4n) is 4.01. The van der Waals surface area contributed by atoms with Crippen molar-refractivity contribution in [1.29, 1.82) is 0 Å². The molecule has 3 aliphatic heterocycles. The normalized spacial score (nSPS) is 26.1. The number of amides is 2. The van der Waals surface area contributed by atoms with Crippen molar-refractivity contribution in [3.05, 3.63) is 29.8 Å². The fraction of sp³-hybridized carbons (Fsp3) is 0.474. The Morgan fingerprint density at radius 1 is 1.18 bits per heavy atom. The lowest BCUT2D eigenvalue weighted by atomic mass is 9.79. The largest absolute Gasteiger partial charge is 0.347 e. The molecule has 9 heteroatoms. The zero-order valence-electron chi connectivity index (χ0n) is 15.8. The summed E-state index contributed by atoms with van der Waals surface area (Å²) in [5.74, 6) is 0.417. The molecule has 5 rings (SSSR count). The van der Waals surface area contributed by atoms with E-state index < -0.39 is 0 Å². The number of benzene rings is 1. The highest BCUT2D eigenvalue weighted by atomic mass is 32.2. The summed E-state index contributed by atoms with van der Waals surface area (Å²) in [5, 5.41) is 14.4. The van der Waals surface area contributed by atoms with Crippen molar-refractivity contribution in [2.24, 2.45) is 5.92 Å². The molecule has 2 bridgehead atoms. The molecule has 0 spiro atoms. The average molecular weight is 418 g/mol. The van der Waals surface area contributed by atoms with Crippen LogP contribution in [0.5, 0.6) is 0 Å². The number of hydrogen-bond acceptors (Lipinski definition) is 7. The van der Waals surface area contributed by atoms with E-state index in [1.807, 2.05) is 24.3 Å². The lowest BCUT2D eigenvalue weighted by Gasteiger charge is -2.49. The van der Waals surface area contributed by atoms with E-state index in [1.54, 1.807) is 0 Å². The summed E-state index contributed by atoms with van der Waals surface area (Å²) in [5.41, 5.74) is 0.671. The highest BCUT2D eigenvalue weighted by Crippen LogP contribution is 2.33. The van der Waals surface area contributed by atoms with Crippen LogP contribution in [-0.4, -0.2) is 52.1 Å². The van der Waals surface area contributed by atoms with E-state index in [4.69, 9.17) is 0 Å². The molecular weight excluding hydrogens is 394 g/mol. The predicted octanol–water partition coefficient (Wildman–Crippen LogP) is 2.86. The molecule has 28 heavy (non-hydrogen) atoms. The van der Waals surface area contributed by atoms with Crippen LogP contribution in [0, 0.1) is 5.92 Å². The van der Waals surface area contributed by atoms with E-state index in [2.05, 4.69) is 32.7 Å². The summed E-state index contributed by atoms with van der Waals surface area (Å²) in [6.45, 7) is 5.96. The van der Waals surface area contributed by atoms with Crippen molar-refractivity contribution in [3.8, 4) is 0 Å². The van der Waals surface area contributed by atoms with Crippen LogP contribution in [0.3, 0.4) is 0 Å². The first-order valence-corrected chi connectivity index (χ1v) is 11.1. The van der Waals surface area contributed by atoms with Crippen LogP contribution in [-0.2, 0) is 4.79 Å². The van der Waals surface area contributed by atoms with E-state index in [1.165, 1.54) is 42.9 Å². The maximum absolute atomic E-state index is 12.7. The highest BCUT2D eigenvalue weighted by Gasteiger charge is 2.40. The van der Waals surface area contributed by atoms with Gasteiger partial charge in [-0.15, -0.1) is 10.2 Å². The highest BCUT2D eigenvalue weighted by molar-refractivity contribution is 8.01. The number of carbonyl (C=O) groups is 2. The minimum atomic E-state index is -0.166. The molecule has 0 saturated carbocycles. The third kappa shape index (κ3) is 4.21. The maximum Gasteiger partial charge on any atom is 0.251 e. The van der Waals surface area contributed by atoms with Crippen molar-refractivity contribution in [1.82, 2.24) is 20.4 Å². The lowest BCUT2D eigenvalue weighted by Crippen LogP contribution is -2.62. The van der Waals surface area contributed by atoms with Crippen LogP contribution in [0.15, 0.2) is 33.5 Å². The third-order valence-electron chi connectivity index (χ3n) is 5.49. The van der Waals surface area contributed by atoms with Crippen molar-refractivity contribution in [3.63, 3.8) is 0 Å². The molecule has 2 N–H and O–H groups in total. The maximum atomic E-state index is 12.7. The summed E-state index contributed by atoms with van der Waals surface area (Å²) in [6, 6.07) is 8.16. The molecule has 3 aliphatic rings. The van der Waals surface area contributed by atoms with Crippen LogP contribution >= 0.6 is 23.1 Å². The van der Waals surface area contributed by atoms with Crippen LogP contribution < -0.4 is 10.6 Å². The minimum Gasteiger partial charge on any atom is -0.347 e. The Hall–Kier alpha value is -1.97. The van der Waals surface area contributed by atoms with Gasteiger partial charge < -0.3 is 10.6 Å². The Bertz CT molecular complexity index is 859. The van der Waals surface area contributed by atoms with Gasteiger partial charge in [0.2, 0.25) is 11.0 Å². The Morgan fingerprint density at radius 3 is 2.54 bits per heavy atom. The van der Waals surface area contributed by atoms with Gasteiger partial charge in [0.25, 0.3) is 5.91 Å². The van der Waals surface area contributed by atoms with Crippen molar-refractivity contribution in [2.75, 3.05) is 18.4 Å². The Morgan fingerprint density at radius 2 is 1.89 bits per heavy atom. The van der Waals surface area contributed by atoms with Crippen LogP contribution in [0.4, 0.5) is 5.13 Å². The number of anilines is 1. The number of hydrogen-bond donors (Lipinski definition) is 2. The fourth-order valence-corrected chi connectivity index (χ4v) is 5.78. The zero-order chi connectivity index (χ0) is 19.7. The molecule has 2 aromatic rings. The SMILES string of the molecule is CC(=O)Nc1nnc(Sc2ccc(C(=O)NC3C4CCN(CC4)C3C)cc2)s1. The summed E-state index contributed by atoms with van der Waals surface area (Å²) >= 11 is 2.78. The van der Waals surface area contributed by atoms with Gasteiger partial charge in [-0.1, -0.05) is 23.1 Å². The summed E-state index contributed by atoms with van der Waals surface area (Å²) in [4.78, 5) is 27.2. The molecule has 0 radical (unpaired) electrons. The Balaban J connectivity index is 1.37. The predicted molar refractivity (Wildman–Crippen MR) is 110 cm³/mol. The molecule has 148 valence electrons. The van der Waals surface area contributed by atoms with Gasteiger partial charge in [0, 0.05) is 29.5 Å². The third-order valence-corrected chi connectivity index (χ3v) is 7.38. The zero-order valence-corrected chi connectivity index (χ0v) is 17.5. The van der Waals surface area contributed by atoms with E-state index in [-0.39, 0.29) is 17.9 Å². The lowest BCUT2D eigenvalue weighted by molar-refractivity contribution is -0.114. The summed E-state index contributed by atoms with van der Waals surface area (Å²) in [6.07, 6.45) is 2.35. The Kier molecular flexibility index (Phi) is 5.65. The first kappa shape index (κ1) is 19.4. The molecule has 7 nitrogen and oxygen atoms in total. The monoisotopic (exact) mass is 417 g/mol. The van der Waals surface area contributed by atoms with Crippen molar-refractivity contribution < 1.29 is 9.59 Å². The van der Waals surface area contributed by atoms with Gasteiger partial charge in [-0.2, -0.15) is 0 Å². The van der Waals surface area contributed by atoms with Crippen LogP contribution in [0.25, 0.3) is 0 Å². The topological polar surface area (TPSA) is 87.2 Å². The molecular formula is C19H23N5O2S2. The van der Waals surface area contributed by atoms with E-state index in [9.17, 15) is 9.59 Å². The number of carbonyl (C=O) groups excluding carboxylic acids is 2. The second kappa shape index (κ2) is 8.18. The first-order valence-electron chi connectivity index (χ1n) is 9.43. The molecule has 1 aromatic carbocycles. The van der Waals surface area contributed by atoms with E-state index >= 15 is 0 Å². The van der Waals surface area contributed by atoms with E-state index in [0.29, 0.717) is 22.7 Å². The number of nitrogens with zero attached hydrogens (tertiary/aromatic N) is 3. The number of rotatable bonds is 5. The smallest absolute Gasteiger partial charge is 0.251 e. The van der Waals surface area contributed by atoms with Crippen molar-refractivity contribution in [2.45, 2.75) is 48.0 Å². The number of aromatic nitrogens is 2. The number of nitrogens with one attached hydrogen (secondary N) is 2. The van der Waals surface area contributed by atoms with E-state index in [0.717, 1.165) is 22.3 Å². The van der Waals surface area contributed by atoms with Gasteiger partial charge in [-0.3, -0.25) is 14.5 Å². The molecule has 2 amide bonds. The molecule has 0 aliphatic carbocycles. The average Bonchev–Trinajstić information content (AvgIpc) is 3.11. The molecule has 3 saturated heterocycles. The second-order valence-corrected chi connectivity index (χ2v) is 9.59. The van der Waals surface area contributed by atoms with Crippen LogP contribution in [0.1, 0.15) is 37.0 Å². The van der Waals surface area contributed by atoms with Crippen LogP contribution in [0.2, 0.25) is 0 Å². The second-order valence-electron chi connectivity index (χ2n) is 7.29. The quantitative estimate of drug-likeness (QED) is 0.728. The van der Waals surface area contributed by atoms with Crippen molar-refractivity contribution >= 4 is 40.0 Å². The molecule has 2 atom stereocenters. The van der Waals surface area contributed by atoms with Gasteiger partial charge in [0.1, 0.15) is 0 Å². The molecule has 2 unspecified atom stereocenters. The number of fused-ring (bicyclic) bond motifs is 3. The first-order chi connectivity index (χ1) is 13.5. The standard InChI is InChI=1S/C19H23N5O2S2/c1-11-16(13-7-9-24(11)10-8-13)21-17(26)14-3-5-15(6-4-14)27-19-23-22-18(28-19)20-12(2)25/h3-6,11,13,16H,7-10H2,1-2H3,(H,21,26)(H,20,22,25). The summed E-state index contributed by atoms with van der Waals surface area (Å²) in [7, 11) is 0. The molecule has 4 heterocycles. The molecule has 1 aromatic heterocycles. The van der Waals surface area contributed by atoms with Gasteiger partial charge in [-0.05, 0) is 63.0 Å².